The highest BCUT2D eigenvalue weighted by molar-refractivity contribution is 6.90. The molecular formula is C18H21B3N6. The lowest BCUT2D eigenvalue weighted by Gasteiger charge is -2.33. The first-order valence-corrected chi connectivity index (χ1v) is 9.08. The Morgan fingerprint density at radius 1 is 0.407 bits per heavy atom. The molecule has 0 atom stereocenters. The summed E-state index contributed by atoms with van der Waals surface area (Å²) in [5.74, 6) is 0. The Hall–Kier alpha value is -2.87. The molecule has 3 aromatic carbocycles. The minimum atomic E-state index is -0.129. The Bertz CT molecular complexity index is 705. The van der Waals surface area contributed by atoms with Gasteiger partial charge in [0.1, 0.15) is 0 Å². The van der Waals surface area contributed by atoms with Crippen LogP contribution in [0, 0.1) is 0 Å². The second kappa shape index (κ2) is 8.68. The van der Waals surface area contributed by atoms with Gasteiger partial charge in [-0.3, -0.25) is 0 Å². The van der Waals surface area contributed by atoms with Gasteiger partial charge >= 0.3 is 21.4 Å². The summed E-state index contributed by atoms with van der Waals surface area (Å²) in [4.78, 5) is 0. The topological polar surface area (TPSA) is 72.2 Å². The Kier molecular flexibility index (Phi) is 5.64. The third kappa shape index (κ3) is 5.07. The van der Waals surface area contributed by atoms with Gasteiger partial charge in [-0.25, -0.2) is 0 Å². The van der Waals surface area contributed by atoms with Crippen LogP contribution in [0.3, 0.4) is 0 Å². The van der Waals surface area contributed by atoms with E-state index in [0.29, 0.717) is 0 Å². The molecule has 3 aromatic rings. The molecule has 0 aromatic heterocycles. The molecule has 6 nitrogen and oxygen atoms in total. The molecular weight excluding hydrogens is 333 g/mol. The van der Waals surface area contributed by atoms with E-state index in [2.05, 4.69) is 31.1 Å². The lowest BCUT2D eigenvalue weighted by atomic mass is 9.63. The van der Waals surface area contributed by atoms with E-state index in [0.717, 1.165) is 17.1 Å². The van der Waals surface area contributed by atoms with Gasteiger partial charge in [-0.2, -0.15) is 0 Å². The van der Waals surface area contributed by atoms with E-state index in [9.17, 15) is 0 Å². The second-order valence-electron chi connectivity index (χ2n) is 6.33. The highest BCUT2D eigenvalue weighted by atomic mass is 15.2. The highest BCUT2D eigenvalue weighted by Crippen LogP contribution is 2.09. The summed E-state index contributed by atoms with van der Waals surface area (Å²) in [6.45, 7) is 0. The highest BCUT2D eigenvalue weighted by Gasteiger charge is 2.37. The van der Waals surface area contributed by atoms with Crippen LogP contribution in [0.15, 0.2) is 91.0 Å². The van der Waals surface area contributed by atoms with Crippen molar-refractivity contribution >= 4 is 38.4 Å². The lowest BCUT2D eigenvalue weighted by molar-refractivity contribution is 1.15. The van der Waals surface area contributed by atoms with Gasteiger partial charge in [0.15, 0.2) is 0 Å². The first-order chi connectivity index (χ1) is 13.3. The normalized spacial score (nSPS) is 14.0. The fraction of sp³-hybridized carbons (Fsp3) is 0. The lowest BCUT2D eigenvalue weighted by Crippen LogP contribution is -2.81. The summed E-state index contributed by atoms with van der Waals surface area (Å²) in [7, 11) is -0.386. The van der Waals surface area contributed by atoms with E-state index >= 15 is 0 Å². The van der Waals surface area contributed by atoms with E-state index in [1.165, 1.54) is 0 Å². The fourth-order valence-electron chi connectivity index (χ4n) is 3.00. The number of hydrogen-bond donors (Lipinski definition) is 6. The van der Waals surface area contributed by atoms with Gasteiger partial charge in [0.25, 0.3) is 0 Å². The molecule has 1 saturated heterocycles. The molecule has 1 fully saturated rings. The summed E-state index contributed by atoms with van der Waals surface area (Å²) < 4.78 is 0. The van der Waals surface area contributed by atoms with Gasteiger partial charge in [-0.15, -0.1) is 0 Å². The maximum absolute atomic E-state index is 3.48. The van der Waals surface area contributed by atoms with E-state index in [-0.39, 0.29) is 21.4 Å². The van der Waals surface area contributed by atoms with Crippen molar-refractivity contribution < 1.29 is 0 Å². The predicted octanol–water partition coefficient (Wildman–Crippen LogP) is 2.06. The standard InChI is InChI=1S/C18H21B3N6/c1-4-10-16(11-5-1)22-19-25-20(23-17-12-6-2-7-13-17)27-21(26-19)24-18-14-8-3-9-15-18/h1-15,22-27H. The first kappa shape index (κ1) is 17.5. The SMILES string of the molecule is c1ccc(NB2NB(Nc3ccccc3)NB(Nc3ccccc3)N2)cc1. The van der Waals surface area contributed by atoms with E-state index in [4.69, 9.17) is 0 Å². The van der Waals surface area contributed by atoms with E-state index in [1.54, 1.807) is 0 Å². The van der Waals surface area contributed by atoms with Crippen LogP contribution in [0.5, 0.6) is 0 Å². The maximum Gasteiger partial charge on any atom is 0.411 e. The van der Waals surface area contributed by atoms with Crippen molar-refractivity contribution in [2.75, 3.05) is 15.7 Å². The maximum atomic E-state index is 3.48. The van der Waals surface area contributed by atoms with Crippen molar-refractivity contribution in [3.8, 4) is 0 Å². The van der Waals surface area contributed by atoms with Crippen LogP contribution in [-0.2, 0) is 0 Å². The van der Waals surface area contributed by atoms with Crippen LogP contribution in [0.4, 0.5) is 17.1 Å². The van der Waals surface area contributed by atoms with Crippen LogP contribution in [0.1, 0.15) is 0 Å². The van der Waals surface area contributed by atoms with E-state index in [1.807, 2.05) is 91.0 Å². The number of para-hydroxylation sites is 3. The molecule has 0 aliphatic carbocycles. The predicted molar refractivity (Wildman–Crippen MR) is 117 cm³/mol. The minimum Gasteiger partial charge on any atom is -0.402 e. The van der Waals surface area contributed by atoms with Gasteiger partial charge in [-0.1, -0.05) is 54.6 Å². The van der Waals surface area contributed by atoms with E-state index < -0.39 is 0 Å². The van der Waals surface area contributed by atoms with Crippen LogP contribution < -0.4 is 31.1 Å². The Balaban J connectivity index is 1.47. The fourth-order valence-corrected chi connectivity index (χ4v) is 3.00. The number of nitrogens with one attached hydrogen (secondary N) is 6. The second-order valence-corrected chi connectivity index (χ2v) is 6.33. The number of hydrogen-bond acceptors (Lipinski definition) is 6. The molecule has 132 valence electrons. The van der Waals surface area contributed by atoms with Crippen molar-refractivity contribution in [1.29, 1.82) is 0 Å². The van der Waals surface area contributed by atoms with Crippen LogP contribution in [-0.4, -0.2) is 21.4 Å². The largest absolute Gasteiger partial charge is 0.411 e. The van der Waals surface area contributed by atoms with Gasteiger partial charge in [0.2, 0.25) is 0 Å². The van der Waals surface area contributed by atoms with Crippen LogP contribution >= 0.6 is 0 Å². The smallest absolute Gasteiger partial charge is 0.402 e. The van der Waals surface area contributed by atoms with Gasteiger partial charge in [0, 0.05) is 17.1 Å². The van der Waals surface area contributed by atoms with Gasteiger partial charge in [0.05, 0.1) is 0 Å². The molecule has 0 unspecified atom stereocenters. The first-order valence-electron chi connectivity index (χ1n) is 9.08. The van der Waals surface area contributed by atoms with Crippen molar-refractivity contribution in [2.24, 2.45) is 0 Å². The Morgan fingerprint density at radius 2 is 0.667 bits per heavy atom. The summed E-state index contributed by atoms with van der Waals surface area (Å²) in [5.41, 5.74) is 3.13. The average Bonchev–Trinajstić information content (AvgIpc) is 2.70. The zero-order valence-corrected chi connectivity index (χ0v) is 14.9. The molecule has 1 aliphatic heterocycles. The minimum absolute atomic E-state index is 0.129. The quantitative estimate of drug-likeness (QED) is 0.381. The number of benzene rings is 3. The molecule has 0 radical (unpaired) electrons. The van der Waals surface area contributed by atoms with Gasteiger partial charge < -0.3 is 31.1 Å². The average molecular weight is 354 g/mol. The van der Waals surface area contributed by atoms with Crippen LogP contribution in [0.2, 0.25) is 0 Å². The molecule has 1 heterocycles. The summed E-state index contributed by atoms with van der Waals surface area (Å²) in [6.07, 6.45) is 0. The van der Waals surface area contributed by atoms with Crippen molar-refractivity contribution in [2.45, 2.75) is 0 Å². The molecule has 4 rings (SSSR count). The third-order valence-electron chi connectivity index (χ3n) is 4.25. The Labute approximate surface area is 161 Å². The summed E-state index contributed by atoms with van der Waals surface area (Å²) >= 11 is 0. The zero-order valence-electron chi connectivity index (χ0n) is 14.9. The zero-order chi connectivity index (χ0) is 18.3. The van der Waals surface area contributed by atoms with Crippen molar-refractivity contribution in [1.82, 2.24) is 15.4 Å². The summed E-state index contributed by atoms with van der Waals surface area (Å²) in [5, 5.41) is 20.9. The number of anilines is 3. The van der Waals surface area contributed by atoms with Crippen molar-refractivity contribution in [3.05, 3.63) is 91.0 Å². The molecule has 1 aliphatic rings. The van der Waals surface area contributed by atoms with Crippen molar-refractivity contribution in [3.63, 3.8) is 0 Å². The molecule has 6 N–H and O–H groups in total. The molecule has 0 amide bonds. The van der Waals surface area contributed by atoms with Gasteiger partial charge in [-0.05, 0) is 36.4 Å². The molecule has 27 heavy (non-hydrogen) atoms. The van der Waals surface area contributed by atoms with Crippen LogP contribution in [0.25, 0.3) is 0 Å². The number of rotatable bonds is 6. The summed E-state index contributed by atoms with van der Waals surface area (Å²) in [6, 6.07) is 30.4. The monoisotopic (exact) mass is 354 g/mol. The molecule has 9 heteroatoms. The third-order valence-corrected chi connectivity index (χ3v) is 4.25. The molecule has 0 bridgehead atoms. The molecule has 0 spiro atoms. The molecule has 0 saturated carbocycles. The Morgan fingerprint density at radius 3 is 0.926 bits per heavy atom.